The number of nitrogens with one attached hydrogen (secondary N) is 1. The third-order valence-corrected chi connectivity index (χ3v) is 3.81. The first-order valence-electron chi connectivity index (χ1n) is 6.95. The Morgan fingerprint density at radius 1 is 1.21 bits per heavy atom. The minimum absolute atomic E-state index is 0.221. The van der Waals surface area contributed by atoms with Gasteiger partial charge in [0.05, 0.1) is 0 Å². The Labute approximate surface area is 127 Å². The molecule has 0 bridgehead atoms. The second-order valence-corrected chi connectivity index (χ2v) is 7.27. The lowest BCUT2D eigenvalue weighted by Crippen LogP contribution is -2.26. The molecule has 0 aromatic heterocycles. The summed E-state index contributed by atoms with van der Waals surface area (Å²) in [6.07, 6.45) is 2.08. The van der Waals surface area contributed by atoms with Crippen LogP contribution in [-0.2, 0) is 6.42 Å². The Morgan fingerprint density at radius 2 is 1.89 bits per heavy atom. The van der Waals surface area contributed by atoms with Crippen LogP contribution in [0.15, 0.2) is 18.2 Å². The zero-order chi connectivity index (χ0) is 14.5. The van der Waals surface area contributed by atoms with Gasteiger partial charge in [0.1, 0.15) is 0 Å². The molecule has 19 heavy (non-hydrogen) atoms. The van der Waals surface area contributed by atoms with E-state index in [1.807, 2.05) is 18.2 Å². The van der Waals surface area contributed by atoms with Crippen molar-refractivity contribution in [2.75, 3.05) is 13.1 Å². The van der Waals surface area contributed by atoms with E-state index in [9.17, 15) is 0 Å². The predicted molar refractivity (Wildman–Crippen MR) is 86.3 cm³/mol. The van der Waals surface area contributed by atoms with E-state index in [0.717, 1.165) is 41.5 Å². The zero-order valence-corrected chi connectivity index (χ0v) is 13.9. The summed E-state index contributed by atoms with van der Waals surface area (Å²) in [6, 6.07) is 5.70. The van der Waals surface area contributed by atoms with Gasteiger partial charge in [0.2, 0.25) is 0 Å². The van der Waals surface area contributed by atoms with E-state index in [1.54, 1.807) is 0 Å². The summed E-state index contributed by atoms with van der Waals surface area (Å²) < 4.78 is 0. The SMILES string of the molecule is CC(C)CNCCC(C)(C)Cc1cc(Cl)ccc1Cl. The van der Waals surface area contributed by atoms with Crippen molar-refractivity contribution < 1.29 is 0 Å². The Kier molecular flexibility index (Phi) is 6.65. The molecule has 1 rings (SSSR count). The lowest BCUT2D eigenvalue weighted by Gasteiger charge is -2.25. The van der Waals surface area contributed by atoms with Crippen LogP contribution in [-0.4, -0.2) is 13.1 Å². The molecule has 0 unspecified atom stereocenters. The highest BCUT2D eigenvalue weighted by molar-refractivity contribution is 6.33. The Bertz CT molecular complexity index is 400. The fourth-order valence-corrected chi connectivity index (χ4v) is 2.48. The molecule has 0 fully saturated rings. The molecule has 3 heteroatoms. The zero-order valence-electron chi connectivity index (χ0n) is 12.4. The fraction of sp³-hybridized carbons (Fsp3) is 0.625. The first-order chi connectivity index (χ1) is 8.80. The van der Waals surface area contributed by atoms with Gasteiger partial charge in [-0.05, 0) is 61.0 Å². The lowest BCUT2D eigenvalue weighted by atomic mass is 9.82. The molecule has 0 aliphatic rings. The number of halogens is 2. The van der Waals surface area contributed by atoms with Crippen molar-refractivity contribution in [3.05, 3.63) is 33.8 Å². The average Bonchev–Trinajstić information content (AvgIpc) is 2.29. The van der Waals surface area contributed by atoms with Crippen molar-refractivity contribution >= 4 is 23.2 Å². The molecule has 0 aliphatic heterocycles. The minimum atomic E-state index is 0.221. The van der Waals surface area contributed by atoms with Gasteiger partial charge >= 0.3 is 0 Å². The molecule has 0 aliphatic carbocycles. The van der Waals surface area contributed by atoms with Crippen molar-refractivity contribution in [3.8, 4) is 0 Å². The molecule has 0 amide bonds. The van der Waals surface area contributed by atoms with Crippen LogP contribution in [0.4, 0.5) is 0 Å². The van der Waals surface area contributed by atoms with E-state index in [-0.39, 0.29) is 5.41 Å². The highest BCUT2D eigenvalue weighted by atomic mass is 35.5. The molecule has 0 heterocycles. The summed E-state index contributed by atoms with van der Waals surface area (Å²) in [6.45, 7) is 11.1. The maximum atomic E-state index is 6.23. The molecule has 0 saturated heterocycles. The summed E-state index contributed by atoms with van der Waals surface area (Å²) in [5.74, 6) is 0.700. The average molecular weight is 302 g/mol. The third-order valence-electron chi connectivity index (χ3n) is 3.21. The van der Waals surface area contributed by atoms with Crippen molar-refractivity contribution in [1.29, 1.82) is 0 Å². The number of hydrogen-bond acceptors (Lipinski definition) is 1. The first-order valence-corrected chi connectivity index (χ1v) is 7.70. The molecule has 0 saturated carbocycles. The molecule has 1 N–H and O–H groups in total. The molecule has 1 aromatic rings. The monoisotopic (exact) mass is 301 g/mol. The summed E-state index contributed by atoms with van der Waals surface area (Å²) in [5.41, 5.74) is 1.36. The lowest BCUT2D eigenvalue weighted by molar-refractivity contribution is 0.322. The van der Waals surface area contributed by atoms with Crippen molar-refractivity contribution in [2.24, 2.45) is 11.3 Å². The van der Waals surface area contributed by atoms with Crippen LogP contribution in [0.1, 0.15) is 39.7 Å². The van der Waals surface area contributed by atoms with Gasteiger partial charge in [0.15, 0.2) is 0 Å². The smallest absolute Gasteiger partial charge is 0.0439 e. The number of rotatable bonds is 7. The second-order valence-electron chi connectivity index (χ2n) is 6.42. The highest BCUT2D eigenvalue weighted by Gasteiger charge is 2.19. The topological polar surface area (TPSA) is 12.0 Å². The third kappa shape index (κ3) is 6.65. The van der Waals surface area contributed by atoms with E-state index in [0.29, 0.717) is 5.92 Å². The van der Waals surface area contributed by atoms with Gasteiger partial charge in [-0.15, -0.1) is 0 Å². The van der Waals surface area contributed by atoms with E-state index in [2.05, 4.69) is 33.0 Å². The van der Waals surface area contributed by atoms with E-state index < -0.39 is 0 Å². The van der Waals surface area contributed by atoms with Crippen LogP contribution in [0.2, 0.25) is 10.0 Å². The Hall–Kier alpha value is -0.240. The standard InChI is InChI=1S/C16H25Cl2N/c1-12(2)11-19-8-7-16(3,4)10-13-9-14(17)5-6-15(13)18/h5-6,9,12,19H,7-8,10-11H2,1-4H3. The highest BCUT2D eigenvalue weighted by Crippen LogP contribution is 2.30. The first kappa shape index (κ1) is 16.8. The van der Waals surface area contributed by atoms with Crippen LogP contribution >= 0.6 is 23.2 Å². The molecule has 1 nitrogen and oxygen atoms in total. The van der Waals surface area contributed by atoms with Gasteiger partial charge in [-0.3, -0.25) is 0 Å². The maximum absolute atomic E-state index is 6.23. The summed E-state index contributed by atoms with van der Waals surface area (Å²) in [5, 5.41) is 5.06. The van der Waals surface area contributed by atoms with E-state index >= 15 is 0 Å². The summed E-state index contributed by atoms with van der Waals surface area (Å²) >= 11 is 12.3. The minimum Gasteiger partial charge on any atom is -0.316 e. The molecule has 0 radical (unpaired) electrons. The Balaban J connectivity index is 2.51. The van der Waals surface area contributed by atoms with Crippen molar-refractivity contribution in [1.82, 2.24) is 5.32 Å². The van der Waals surface area contributed by atoms with Crippen LogP contribution in [0.5, 0.6) is 0 Å². The molecule has 0 spiro atoms. The Morgan fingerprint density at radius 3 is 2.53 bits per heavy atom. The molecule has 1 aromatic carbocycles. The quantitative estimate of drug-likeness (QED) is 0.683. The molecular weight excluding hydrogens is 277 g/mol. The van der Waals surface area contributed by atoms with Crippen LogP contribution in [0.25, 0.3) is 0 Å². The molecule has 108 valence electrons. The maximum Gasteiger partial charge on any atom is 0.0439 e. The van der Waals surface area contributed by atoms with E-state index in [1.165, 1.54) is 0 Å². The second kappa shape index (κ2) is 7.52. The number of benzene rings is 1. The number of hydrogen-bond donors (Lipinski definition) is 1. The van der Waals surface area contributed by atoms with Gasteiger partial charge < -0.3 is 5.32 Å². The predicted octanol–water partition coefficient (Wildman–Crippen LogP) is 5.20. The molecular formula is C16H25Cl2N. The van der Waals surface area contributed by atoms with Crippen molar-refractivity contribution in [3.63, 3.8) is 0 Å². The summed E-state index contributed by atoms with van der Waals surface area (Å²) in [4.78, 5) is 0. The van der Waals surface area contributed by atoms with Gasteiger partial charge in [-0.2, -0.15) is 0 Å². The van der Waals surface area contributed by atoms with Crippen LogP contribution in [0, 0.1) is 11.3 Å². The summed E-state index contributed by atoms with van der Waals surface area (Å²) in [7, 11) is 0. The van der Waals surface area contributed by atoms with E-state index in [4.69, 9.17) is 23.2 Å². The fourth-order valence-electron chi connectivity index (χ4n) is 2.10. The normalized spacial score (nSPS) is 12.2. The van der Waals surface area contributed by atoms with Gasteiger partial charge in [0, 0.05) is 10.0 Å². The van der Waals surface area contributed by atoms with Gasteiger partial charge in [-0.1, -0.05) is 50.9 Å². The van der Waals surface area contributed by atoms with Gasteiger partial charge in [-0.25, -0.2) is 0 Å². The largest absolute Gasteiger partial charge is 0.316 e. The molecule has 0 atom stereocenters. The van der Waals surface area contributed by atoms with Crippen molar-refractivity contribution in [2.45, 2.75) is 40.5 Å². The van der Waals surface area contributed by atoms with Crippen LogP contribution in [0.3, 0.4) is 0 Å². The van der Waals surface area contributed by atoms with Crippen LogP contribution < -0.4 is 5.32 Å². The van der Waals surface area contributed by atoms with Gasteiger partial charge in [0.25, 0.3) is 0 Å².